The van der Waals surface area contributed by atoms with Crippen molar-refractivity contribution < 1.29 is 0 Å². The van der Waals surface area contributed by atoms with E-state index in [1.165, 1.54) is 19.3 Å². The van der Waals surface area contributed by atoms with Crippen LogP contribution in [0.3, 0.4) is 0 Å². The summed E-state index contributed by atoms with van der Waals surface area (Å²) in [7, 11) is 0. The van der Waals surface area contributed by atoms with Crippen LogP contribution in [0.15, 0.2) is 30.5 Å². The van der Waals surface area contributed by atoms with E-state index >= 15 is 0 Å². The number of halogens is 1. The zero-order valence-electron chi connectivity index (χ0n) is 11.7. The monoisotopic (exact) mass is 289 g/mol. The molecule has 1 aromatic heterocycles. The normalized spacial score (nSPS) is 20.8. The molecule has 0 bridgehead atoms. The highest BCUT2D eigenvalue weighted by Crippen LogP contribution is 2.25. The number of hydrogen-bond acceptors (Lipinski definition) is 3. The van der Waals surface area contributed by atoms with Crippen LogP contribution in [-0.2, 0) is 0 Å². The molecule has 2 aromatic rings. The number of nitrogens with one attached hydrogen (secondary N) is 2. The van der Waals surface area contributed by atoms with Gasteiger partial charge in [0.15, 0.2) is 0 Å². The largest absolute Gasteiger partial charge is 0.380 e. The Balaban J connectivity index is 1.83. The lowest BCUT2D eigenvalue weighted by molar-refractivity contribution is 0.373. The van der Waals surface area contributed by atoms with Crippen LogP contribution >= 0.6 is 11.6 Å². The molecule has 1 aliphatic heterocycles. The molecule has 2 unspecified atom stereocenters. The first-order valence-electron chi connectivity index (χ1n) is 7.28. The molecule has 2 atom stereocenters. The Morgan fingerprint density at radius 2 is 2.25 bits per heavy atom. The van der Waals surface area contributed by atoms with E-state index in [2.05, 4.69) is 22.5 Å². The van der Waals surface area contributed by atoms with Gasteiger partial charge in [0.1, 0.15) is 0 Å². The predicted octanol–water partition coefficient (Wildman–Crippen LogP) is 3.83. The summed E-state index contributed by atoms with van der Waals surface area (Å²) in [6.45, 7) is 3.37. The number of fused-ring (bicyclic) bond motifs is 1. The van der Waals surface area contributed by atoms with Crippen molar-refractivity contribution in [3.63, 3.8) is 0 Å². The summed E-state index contributed by atoms with van der Waals surface area (Å²) >= 11 is 6.03. The van der Waals surface area contributed by atoms with E-state index in [4.69, 9.17) is 11.6 Å². The lowest BCUT2D eigenvalue weighted by Gasteiger charge is -2.30. The zero-order chi connectivity index (χ0) is 13.9. The second-order valence-electron chi connectivity index (χ2n) is 5.51. The van der Waals surface area contributed by atoms with Gasteiger partial charge in [0.25, 0.3) is 0 Å². The third kappa shape index (κ3) is 2.89. The van der Waals surface area contributed by atoms with Crippen molar-refractivity contribution in [1.82, 2.24) is 10.3 Å². The standard InChI is InChI=1S/C16H20ClN3/c1-11(14-4-2-3-8-18-14)20-15-7-9-19-16-10-12(17)5-6-13(15)16/h5-7,9-11,14,18H,2-4,8H2,1H3,(H,19,20). The topological polar surface area (TPSA) is 37.0 Å². The fraction of sp³-hybridized carbons (Fsp3) is 0.438. The first-order valence-corrected chi connectivity index (χ1v) is 7.66. The van der Waals surface area contributed by atoms with E-state index in [0.717, 1.165) is 28.2 Å². The van der Waals surface area contributed by atoms with Crippen LogP contribution in [0.1, 0.15) is 26.2 Å². The Kier molecular flexibility index (Phi) is 4.08. The van der Waals surface area contributed by atoms with Gasteiger partial charge in [-0.1, -0.05) is 18.0 Å². The molecule has 1 aromatic carbocycles. The number of pyridine rings is 1. The molecule has 4 heteroatoms. The zero-order valence-corrected chi connectivity index (χ0v) is 12.5. The number of benzene rings is 1. The van der Waals surface area contributed by atoms with E-state index < -0.39 is 0 Å². The van der Waals surface area contributed by atoms with Crippen molar-refractivity contribution in [2.45, 2.75) is 38.3 Å². The number of piperidine rings is 1. The molecular weight excluding hydrogens is 270 g/mol. The van der Waals surface area contributed by atoms with Gasteiger partial charge < -0.3 is 10.6 Å². The Bertz CT molecular complexity index is 593. The van der Waals surface area contributed by atoms with Gasteiger partial charge in [-0.3, -0.25) is 4.98 Å². The third-order valence-corrected chi connectivity index (χ3v) is 4.28. The first-order chi connectivity index (χ1) is 9.74. The van der Waals surface area contributed by atoms with Crippen LogP contribution in [0.25, 0.3) is 10.9 Å². The summed E-state index contributed by atoms with van der Waals surface area (Å²) in [4.78, 5) is 4.38. The molecule has 0 saturated carbocycles. The predicted molar refractivity (Wildman–Crippen MR) is 85.5 cm³/mol. The molecule has 0 amide bonds. The maximum Gasteiger partial charge on any atom is 0.0737 e. The molecule has 1 fully saturated rings. The highest BCUT2D eigenvalue weighted by atomic mass is 35.5. The molecule has 2 N–H and O–H groups in total. The van der Waals surface area contributed by atoms with Crippen LogP contribution < -0.4 is 10.6 Å². The number of aromatic nitrogens is 1. The third-order valence-electron chi connectivity index (χ3n) is 4.04. The van der Waals surface area contributed by atoms with Gasteiger partial charge in [0, 0.05) is 34.4 Å². The molecular formula is C16H20ClN3. The Morgan fingerprint density at radius 3 is 3.05 bits per heavy atom. The van der Waals surface area contributed by atoms with Gasteiger partial charge in [-0.15, -0.1) is 0 Å². The second kappa shape index (κ2) is 5.98. The molecule has 0 aliphatic carbocycles. The minimum Gasteiger partial charge on any atom is -0.380 e. The molecule has 1 saturated heterocycles. The van der Waals surface area contributed by atoms with Crippen LogP contribution in [0.2, 0.25) is 5.02 Å². The van der Waals surface area contributed by atoms with Gasteiger partial charge in [-0.05, 0) is 50.6 Å². The molecule has 0 radical (unpaired) electrons. The number of rotatable bonds is 3. The number of anilines is 1. The van der Waals surface area contributed by atoms with Crippen LogP contribution in [0.5, 0.6) is 0 Å². The fourth-order valence-corrected chi connectivity index (χ4v) is 3.06. The smallest absolute Gasteiger partial charge is 0.0737 e. The second-order valence-corrected chi connectivity index (χ2v) is 5.95. The Hall–Kier alpha value is -1.32. The molecule has 3 nitrogen and oxygen atoms in total. The molecule has 1 aliphatic rings. The van der Waals surface area contributed by atoms with E-state index in [-0.39, 0.29) is 0 Å². The van der Waals surface area contributed by atoms with Gasteiger partial charge in [0.2, 0.25) is 0 Å². The van der Waals surface area contributed by atoms with Gasteiger partial charge in [0.05, 0.1) is 5.52 Å². The average molecular weight is 290 g/mol. The molecule has 106 valence electrons. The summed E-state index contributed by atoms with van der Waals surface area (Å²) in [6, 6.07) is 8.84. The van der Waals surface area contributed by atoms with E-state index in [9.17, 15) is 0 Å². The van der Waals surface area contributed by atoms with Gasteiger partial charge >= 0.3 is 0 Å². The van der Waals surface area contributed by atoms with Crippen LogP contribution in [0.4, 0.5) is 5.69 Å². The maximum atomic E-state index is 6.03. The molecule has 2 heterocycles. The molecule has 3 rings (SSSR count). The number of hydrogen-bond donors (Lipinski definition) is 2. The van der Waals surface area contributed by atoms with Crippen LogP contribution in [0, 0.1) is 0 Å². The minimum absolute atomic E-state index is 0.400. The van der Waals surface area contributed by atoms with E-state index in [1.54, 1.807) is 0 Å². The SMILES string of the molecule is CC(Nc1ccnc2cc(Cl)ccc12)C1CCCCN1. The lowest BCUT2D eigenvalue weighted by atomic mass is 9.98. The minimum atomic E-state index is 0.400. The van der Waals surface area contributed by atoms with E-state index in [0.29, 0.717) is 12.1 Å². The molecule has 0 spiro atoms. The highest BCUT2D eigenvalue weighted by Gasteiger charge is 2.19. The highest BCUT2D eigenvalue weighted by molar-refractivity contribution is 6.31. The van der Waals surface area contributed by atoms with Crippen LogP contribution in [-0.4, -0.2) is 23.6 Å². The quantitative estimate of drug-likeness (QED) is 0.902. The van der Waals surface area contributed by atoms with Crippen molar-refractivity contribution in [2.75, 3.05) is 11.9 Å². The summed E-state index contributed by atoms with van der Waals surface area (Å²) < 4.78 is 0. The van der Waals surface area contributed by atoms with Crippen molar-refractivity contribution in [1.29, 1.82) is 0 Å². The van der Waals surface area contributed by atoms with Gasteiger partial charge in [-0.25, -0.2) is 0 Å². The Labute approximate surface area is 124 Å². The van der Waals surface area contributed by atoms with E-state index in [1.807, 2.05) is 30.5 Å². The Morgan fingerprint density at radius 1 is 1.35 bits per heavy atom. The average Bonchev–Trinajstić information content (AvgIpc) is 2.48. The van der Waals surface area contributed by atoms with Crippen molar-refractivity contribution >= 4 is 28.2 Å². The summed E-state index contributed by atoms with van der Waals surface area (Å²) in [5, 5.41) is 9.08. The van der Waals surface area contributed by atoms with Crippen molar-refractivity contribution in [2.24, 2.45) is 0 Å². The summed E-state index contributed by atoms with van der Waals surface area (Å²) in [5.41, 5.74) is 2.07. The van der Waals surface area contributed by atoms with Crippen molar-refractivity contribution in [3.05, 3.63) is 35.5 Å². The summed E-state index contributed by atoms with van der Waals surface area (Å²) in [5.74, 6) is 0. The van der Waals surface area contributed by atoms with Crippen molar-refractivity contribution in [3.8, 4) is 0 Å². The number of nitrogens with zero attached hydrogens (tertiary/aromatic N) is 1. The lowest BCUT2D eigenvalue weighted by Crippen LogP contribution is -2.45. The van der Waals surface area contributed by atoms with Gasteiger partial charge in [-0.2, -0.15) is 0 Å². The summed E-state index contributed by atoms with van der Waals surface area (Å²) in [6.07, 6.45) is 5.68. The maximum absolute atomic E-state index is 6.03. The fourth-order valence-electron chi connectivity index (χ4n) is 2.90. The molecule has 20 heavy (non-hydrogen) atoms. The first kappa shape index (κ1) is 13.7.